The Balaban J connectivity index is 1.66. The first-order valence-electron chi connectivity index (χ1n) is 6.82. The number of amides is 2. The van der Waals surface area contributed by atoms with E-state index in [4.69, 9.17) is 0 Å². The maximum Gasteiger partial charge on any atom is 0.251 e. The molecule has 1 aliphatic carbocycles. The Morgan fingerprint density at radius 3 is 2.85 bits per heavy atom. The topological polar surface area (TPSA) is 74.0 Å². The van der Waals surface area contributed by atoms with Gasteiger partial charge in [0.05, 0.1) is 0 Å². The fourth-order valence-electron chi connectivity index (χ4n) is 2.09. The van der Waals surface area contributed by atoms with Crippen LogP contribution in [0.15, 0.2) is 30.5 Å². The summed E-state index contributed by atoms with van der Waals surface area (Å²) in [6.45, 7) is 1.70. The molecule has 0 bridgehead atoms. The van der Waals surface area contributed by atoms with E-state index in [1.54, 1.807) is 13.0 Å². The van der Waals surface area contributed by atoms with Gasteiger partial charge in [0, 0.05) is 28.7 Å². The predicted octanol–water partition coefficient (Wildman–Crippen LogP) is 1.56. The molecule has 1 aromatic carbocycles. The summed E-state index contributed by atoms with van der Waals surface area (Å²) in [6, 6.07) is 7.11. The fraction of sp³-hybridized carbons (Fsp3) is 0.333. The van der Waals surface area contributed by atoms with E-state index in [1.807, 2.05) is 24.4 Å². The molecule has 3 N–H and O–H groups in total. The number of H-pyrrole nitrogens is 1. The average Bonchev–Trinajstić information content (AvgIpc) is 3.12. The molecule has 1 unspecified atom stereocenters. The molecule has 0 saturated heterocycles. The van der Waals surface area contributed by atoms with Gasteiger partial charge in [-0.15, -0.1) is 0 Å². The highest BCUT2D eigenvalue weighted by Crippen LogP contribution is 2.18. The maximum absolute atomic E-state index is 12.1. The van der Waals surface area contributed by atoms with E-state index in [0.29, 0.717) is 11.6 Å². The third-order valence-corrected chi connectivity index (χ3v) is 3.48. The molecule has 5 heteroatoms. The van der Waals surface area contributed by atoms with Crippen LogP contribution in [0.1, 0.15) is 30.1 Å². The Kier molecular flexibility index (Phi) is 3.18. The summed E-state index contributed by atoms with van der Waals surface area (Å²) in [7, 11) is 0. The van der Waals surface area contributed by atoms with E-state index in [2.05, 4.69) is 15.6 Å². The van der Waals surface area contributed by atoms with Crippen LogP contribution in [-0.2, 0) is 4.79 Å². The van der Waals surface area contributed by atoms with E-state index in [-0.39, 0.29) is 11.8 Å². The fourth-order valence-corrected chi connectivity index (χ4v) is 2.09. The van der Waals surface area contributed by atoms with Crippen molar-refractivity contribution in [1.82, 2.24) is 15.6 Å². The molecule has 1 fully saturated rings. The van der Waals surface area contributed by atoms with Gasteiger partial charge in [-0.1, -0.05) is 0 Å². The van der Waals surface area contributed by atoms with Crippen LogP contribution < -0.4 is 10.6 Å². The van der Waals surface area contributed by atoms with Crippen LogP contribution in [0.2, 0.25) is 0 Å². The van der Waals surface area contributed by atoms with Gasteiger partial charge in [0.1, 0.15) is 6.04 Å². The molecule has 2 amide bonds. The van der Waals surface area contributed by atoms with Crippen LogP contribution in [0, 0.1) is 0 Å². The Hall–Kier alpha value is -2.30. The summed E-state index contributed by atoms with van der Waals surface area (Å²) in [5.41, 5.74) is 1.55. The van der Waals surface area contributed by atoms with E-state index in [0.717, 1.165) is 23.7 Å². The molecular formula is C15H17N3O2. The maximum atomic E-state index is 12.1. The zero-order valence-corrected chi connectivity index (χ0v) is 11.3. The predicted molar refractivity (Wildman–Crippen MR) is 76.4 cm³/mol. The molecule has 1 atom stereocenters. The molecule has 3 rings (SSSR count). The monoisotopic (exact) mass is 271 g/mol. The van der Waals surface area contributed by atoms with Crippen molar-refractivity contribution in [3.63, 3.8) is 0 Å². The number of carbonyl (C=O) groups is 2. The van der Waals surface area contributed by atoms with E-state index in [1.165, 1.54) is 0 Å². The summed E-state index contributed by atoms with van der Waals surface area (Å²) < 4.78 is 0. The van der Waals surface area contributed by atoms with Crippen molar-refractivity contribution in [2.75, 3.05) is 0 Å². The zero-order valence-electron chi connectivity index (χ0n) is 11.3. The van der Waals surface area contributed by atoms with Crippen LogP contribution in [-0.4, -0.2) is 28.9 Å². The largest absolute Gasteiger partial charge is 0.361 e. The molecule has 1 aliphatic rings. The van der Waals surface area contributed by atoms with Gasteiger partial charge in [-0.25, -0.2) is 0 Å². The van der Waals surface area contributed by atoms with Crippen LogP contribution >= 0.6 is 0 Å². The number of benzene rings is 1. The summed E-state index contributed by atoms with van der Waals surface area (Å²) in [5.74, 6) is -0.352. The molecule has 20 heavy (non-hydrogen) atoms. The van der Waals surface area contributed by atoms with Crippen LogP contribution in [0.3, 0.4) is 0 Å². The number of aromatic nitrogens is 1. The van der Waals surface area contributed by atoms with Gasteiger partial charge >= 0.3 is 0 Å². The molecule has 0 aliphatic heterocycles. The highest BCUT2D eigenvalue weighted by atomic mass is 16.2. The van der Waals surface area contributed by atoms with Gasteiger partial charge in [-0.05, 0) is 44.0 Å². The summed E-state index contributed by atoms with van der Waals surface area (Å²) in [4.78, 5) is 27.0. The minimum Gasteiger partial charge on any atom is -0.361 e. The molecule has 2 aromatic rings. The van der Waals surface area contributed by atoms with E-state index >= 15 is 0 Å². The van der Waals surface area contributed by atoms with Crippen molar-refractivity contribution in [2.24, 2.45) is 0 Å². The molecule has 0 spiro atoms. The lowest BCUT2D eigenvalue weighted by Crippen LogP contribution is -2.45. The van der Waals surface area contributed by atoms with Crippen molar-refractivity contribution in [3.05, 3.63) is 36.0 Å². The molecular weight excluding hydrogens is 254 g/mol. The zero-order chi connectivity index (χ0) is 14.1. The molecule has 0 radical (unpaired) electrons. The van der Waals surface area contributed by atoms with E-state index < -0.39 is 6.04 Å². The van der Waals surface area contributed by atoms with Gasteiger partial charge < -0.3 is 15.6 Å². The molecule has 5 nitrogen and oxygen atoms in total. The first kappa shape index (κ1) is 12.7. The number of nitrogens with one attached hydrogen (secondary N) is 3. The van der Waals surface area contributed by atoms with Gasteiger partial charge in [-0.3, -0.25) is 9.59 Å². The molecule has 1 saturated carbocycles. The highest BCUT2D eigenvalue weighted by Gasteiger charge is 2.26. The Morgan fingerprint density at radius 2 is 2.10 bits per heavy atom. The molecule has 1 aromatic heterocycles. The number of hydrogen-bond donors (Lipinski definition) is 3. The van der Waals surface area contributed by atoms with Crippen LogP contribution in [0.5, 0.6) is 0 Å². The highest BCUT2D eigenvalue weighted by molar-refractivity contribution is 6.00. The lowest BCUT2D eigenvalue weighted by Gasteiger charge is -2.13. The number of carbonyl (C=O) groups excluding carboxylic acids is 2. The van der Waals surface area contributed by atoms with Crippen molar-refractivity contribution >= 4 is 22.7 Å². The average molecular weight is 271 g/mol. The van der Waals surface area contributed by atoms with E-state index in [9.17, 15) is 9.59 Å². The second-order valence-electron chi connectivity index (χ2n) is 5.26. The van der Waals surface area contributed by atoms with Crippen molar-refractivity contribution in [1.29, 1.82) is 0 Å². The SMILES string of the molecule is CC(NC(=O)c1ccc2[nH]ccc2c1)C(=O)NC1CC1. The minimum absolute atomic E-state index is 0.122. The lowest BCUT2D eigenvalue weighted by atomic mass is 10.1. The molecule has 1 heterocycles. The van der Waals surface area contributed by atoms with Gasteiger partial charge in [0.25, 0.3) is 5.91 Å². The molecule has 104 valence electrons. The van der Waals surface area contributed by atoms with Crippen LogP contribution in [0.25, 0.3) is 10.9 Å². The Morgan fingerprint density at radius 1 is 1.30 bits per heavy atom. The third-order valence-electron chi connectivity index (χ3n) is 3.48. The third kappa shape index (κ3) is 2.66. The first-order chi connectivity index (χ1) is 9.63. The van der Waals surface area contributed by atoms with Crippen molar-refractivity contribution in [3.8, 4) is 0 Å². The van der Waals surface area contributed by atoms with Crippen molar-refractivity contribution < 1.29 is 9.59 Å². The quantitative estimate of drug-likeness (QED) is 0.789. The second kappa shape index (κ2) is 5.00. The van der Waals surface area contributed by atoms with Gasteiger partial charge in [0.15, 0.2) is 0 Å². The Labute approximate surface area is 116 Å². The van der Waals surface area contributed by atoms with Crippen molar-refractivity contribution in [2.45, 2.75) is 31.8 Å². The normalized spacial score (nSPS) is 15.8. The number of aromatic amines is 1. The second-order valence-corrected chi connectivity index (χ2v) is 5.26. The summed E-state index contributed by atoms with van der Waals surface area (Å²) in [6.07, 6.45) is 3.91. The van der Waals surface area contributed by atoms with Gasteiger partial charge in [-0.2, -0.15) is 0 Å². The summed E-state index contributed by atoms with van der Waals surface area (Å²) >= 11 is 0. The number of hydrogen-bond acceptors (Lipinski definition) is 2. The van der Waals surface area contributed by atoms with Gasteiger partial charge in [0.2, 0.25) is 5.91 Å². The lowest BCUT2D eigenvalue weighted by molar-refractivity contribution is -0.122. The first-order valence-corrected chi connectivity index (χ1v) is 6.82. The summed E-state index contributed by atoms with van der Waals surface area (Å²) in [5, 5.41) is 6.58. The number of fused-ring (bicyclic) bond motifs is 1. The number of rotatable bonds is 4. The minimum atomic E-state index is -0.523. The smallest absolute Gasteiger partial charge is 0.251 e. The van der Waals surface area contributed by atoms with Crippen LogP contribution in [0.4, 0.5) is 0 Å². The Bertz CT molecular complexity index is 658. The standard InChI is InChI=1S/C15H17N3O2/c1-9(14(19)18-12-3-4-12)17-15(20)11-2-5-13-10(8-11)6-7-16-13/h2,5-9,12,16H,3-4H2,1H3,(H,17,20)(H,18,19).